The van der Waals surface area contributed by atoms with Crippen molar-refractivity contribution in [3.05, 3.63) is 42.0 Å². The van der Waals surface area contributed by atoms with Gasteiger partial charge in [-0.05, 0) is 37.8 Å². The van der Waals surface area contributed by atoms with E-state index >= 15 is 0 Å². The van der Waals surface area contributed by atoms with Crippen LogP contribution in [0.25, 0.3) is 0 Å². The number of hydrogen-bond acceptors (Lipinski definition) is 4. The van der Waals surface area contributed by atoms with Crippen LogP contribution in [0.2, 0.25) is 0 Å². The van der Waals surface area contributed by atoms with Gasteiger partial charge in [0.2, 0.25) is 0 Å². The predicted molar refractivity (Wildman–Crippen MR) is 92.2 cm³/mol. The zero-order chi connectivity index (χ0) is 16.5. The second-order valence-electron chi connectivity index (χ2n) is 6.74. The number of aryl methyl sites for hydroxylation is 1. The van der Waals surface area contributed by atoms with E-state index in [-0.39, 0.29) is 5.91 Å². The Bertz CT molecular complexity index is 729. The standard InChI is InChI=1S/C18H23N5O/c1-14-5-6-19-12-17(14)21-7-9-22(10-8-21)18(24)15-11-20-23(13-15)16-3-2-4-16/h5-6,11-13,16H,2-4,7-10H2,1H3. The third-order valence-electron chi connectivity index (χ3n) is 5.22. The van der Waals surface area contributed by atoms with Crippen LogP contribution in [0.4, 0.5) is 5.69 Å². The van der Waals surface area contributed by atoms with E-state index in [4.69, 9.17) is 0 Å². The number of amides is 1. The lowest BCUT2D eigenvalue weighted by molar-refractivity contribution is 0.0746. The van der Waals surface area contributed by atoms with Crippen LogP contribution in [-0.4, -0.2) is 51.8 Å². The van der Waals surface area contributed by atoms with E-state index in [2.05, 4.69) is 21.9 Å². The highest BCUT2D eigenvalue weighted by atomic mass is 16.2. The van der Waals surface area contributed by atoms with E-state index in [1.54, 1.807) is 6.20 Å². The van der Waals surface area contributed by atoms with Crippen molar-refractivity contribution in [2.24, 2.45) is 0 Å². The van der Waals surface area contributed by atoms with Crippen molar-refractivity contribution < 1.29 is 4.79 Å². The maximum Gasteiger partial charge on any atom is 0.257 e. The molecular weight excluding hydrogens is 302 g/mol. The highest BCUT2D eigenvalue weighted by Crippen LogP contribution is 2.31. The number of aromatic nitrogens is 3. The Morgan fingerprint density at radius 2 is 1.96 bits per heavy atom. The summed E-state index contributed by atoms with van der Waals surface area (Å²) < 4.78 is 1.96. The zero-order valence-corrected chi connectivity index (χ0v) is 14.1. The number of nitrogens with zero attached hydrogens (tertiary/aromatic N) is 5. The molecule has 0 N–H and O–H groups in total. The van der Waals surface area contributed by atoms with Gasteiger partial charge < -0.3 is 9.80 Å². The molecule has 0 bridgehead atoms. The molecule has 126 valence electrons. The first-order valence-electron chi connectivity index (χ1n) is 8.71. The summed E-state index contributed by atoms with van der Waals surface area (Å²) in [5.41, 5.74) is 3.11. The summed E-state index contributed by atoms with van der Waals surface area (Å²) in [6, 6.07) is 2.53. The maximum absolute atomic E-state index is 12.7. The topological polar surface area (TPSA) is 54.3 Å². The molecule has 6 nitrogen and oxygen atoms in total. The van der Waals surface area contributed by atoms with Crippen molar-refractivity contribution in [2.75, 3.05) is 31.1 Å². The Morgan fingerprint density at radius 1 is 1.17 bits per heavy atom. The maximum atomic E-state index is 12.7. The van der Waals surface area contributed by atoms with Gasteiger partial charge in [-0.3, -0.25) is 14.5 Å². The summed E-state index contributed by atoms with van der Waals surface area (Å²) >= 11 is 0. The summed E-state index contributed by atoms with van der Waals surface area (Å²) in [5, 5.41) is 4.38. The lowest BCUT2D eigenvalue weighted by Gasteiger charge is -2.36. The Morgan fingerprint density at radius 3 is 2.62 bits per heavy atom. The third kappa shape index (κ3) is 2.77. The first kappa shape index (κ1) is 15.2. The van der Waals surface area contributed by atoms with Crippen LogP contribution < -0.4 is 4.90 Å². The predicted octanol–water partition coefficient (Wildman–Crippen LogP) is 2.27. The minimum absolute atomic E-state index is 0.100. The number of carbonyl (C=O) groups is 1. The SMILES string of the molecule is Cc1ccncc1N1CCN(C(=O)c2cnn(C3CCC3)c2)CC1. The molecule has 1 saturated carbocycles. The monoisotopic (exact) mass is 325 g/mol. The fourth-order valence-electron chi connectivity index (χ4n) is 3.42. The van der Waals surface area contributed by atoms with Gasteiger partial charge >= 0.3 is 0 Å². The third-order valence-corrected chi connectivity index (χ3v) is 5.22. The van der Waals surface area contributed by atoms with Gasteiger partial charge in [-0.1, -0.05) is 0 Å². The van der Waals surface area contributed by atoms with Crippen LogP contribution in [0.3, 0.4) is 0 Å². The van der Waals surface area contributed by atoms with E-state index in [1.807, 2.05) is 34.2 Å². The zero-order valence-electron chi connectivity index (χ0n) is 14.1. The van der Waals surface area contributed by atoms with E-state index in [0.29, 0.717) is 11.6 Å². The molecule has 1 saturated heterocycles. The van der Waals surface area contributed by atoms with Crippen molar-refractivity contribution >= 4 is 11.6 Å². The summed E-state index contributed by atoms with van der Waals surface area (Å²) in [6.45, 7) is 5.26. The Balaban J connectivity index is 1.39. The van der Waals surface area contributed by atoms with Gasteiger partial charge in [0.1, 0.15) is 0 Å². The van der Waals surface area contributed by atoms with Crippen LogP contribution in [0.5, 0.6) is 0 Å². The number of rotatable bonds is 3. The molecule has 0 spiro atoms. The van der Waals surface area contributed by atoms with Crippen LogP contribution in [0.15, 0.2) is 30.9 Å². The molecule has 2 aromatic heterocycles. The first-order chi connectivity index (χ1) is 11.7. The van der Waals surface area contributed by atoms with Gasteiger partial charge in [-0.15, -0.1) is 0 Å². The van der Waals surface area contributed by atoms with Crippen molar-refractivity contribution in [2.45, 2.75) is 32.2 Å². The largest absolute Gasteiger partial charge is 0.367 e. The first-order valence-corrected chi connectivity index (χ1v) is 8.71. The molecule has 4 rings (SSSR count). The average Bonchev–Trinajstić information content (AvgIpc) is 3.03. The number of pyridine rings is 1. The Labute approximate surface area is 142 Å². The second-order valence-corrected chi connectivity index (χ2v) is 6.74. The molecule has 24 heavy (non-hydrogen) atoms. The van der Waals surface area contributed by atoms with E-state index in [1.165, 1.54) is 30.5 Å². The van der Waals surface area contributed by atoms with Crippen molar-refractivity contribution in [3.63, 3.8) is 0 Å². The summed E-state index contributed by atoms with van der Waals surface area (Å²) in [6.07, 6.45) is 11.0. The number of hydrogen-bond donors (Lipinski definition) is 0. The van der Waals surface area contributed by atoms with Crippen molar-refractivity contribution in [3.8, 4) is 0 Å². The molecule has 3 heterocycles. The van der Waals surface area contributed by atoms with Crippen LogP contribution in [-0.2, 0) is 0 Å². The molecule has 0 aromatic carbocycles. The number of piperazine rings is 1. The van der Waals surface area contributed by atoms with Gasteiger partial charge in [0, 0.05) is 38.6 Å². The minimum Gasteiger partial charge on any atom is -0.367 e. The highest BCUT2D eigenvalue weighted by Gasteiger charge is 2.26. The van der Waals surface area contributed by atoms with Crippen molar-refractivity contribution in [1.82, 2.24) is 19.7 Å². The molecule has 0 atom stereocenters. The van der Waals surface area contributed by atoms with E-state index < -0.39 is 0 Å². The molecule has 2 fully saturated rings. The normalized spacial score (nSPS) is 18.5. The van der Waals surface area contributed by atoms with Crippen molar-refractivity contribution in [1.29, 1.82) is 0 Å². The van der Waals surface area contributed by atoms with Gasteiger partial charge in [-0.25, -0.2) is 0 Å². The molecule has 1 aliphatic carbocycles. The molecule has 2 aliphatic rings. The minimum atomic E-state index is 0.100. The van der Waals surface area contributed by atoms with Gasteiger partial charge in [0.25, 0.3) is 5.91 Å². The summed E-state index contributed by atoms with van der Waals surface area (Å²) in [5.74, 6) is 0.100. The summed E-state index contributed by atoms with van der Waals surface area (Å²) in [7, 11) is 0. The second kappa shape index (κ2) is 6.26. The van der Waals surface area contributed by atoms with Crippen LogP contribution in [0.1, 0.15) is 41.2 Å². The fraction of sp³-hybridized carbons (Fsp3) is 0.500. The molecule has 0 unspecified atom stereocenters. The smallest absolute Gasteiger partial charge is 0.257 e. The van der Waals surface area contributed by atoms with Gasteiger partial charge in [-0.2, -0.15) is 5.10 Å². The number of anilines is 1. The quantitative estimate of drug-likeness (QED) is 0.869. The molecule has 6 heteroatoms. The molecule has 0 radical (unpaired) electrons. The van der Waals surface area contributed by atoms with Gasteiger partial charge in [0.05, 0.1) is 29.7 Å². The van der Waals surface area contributed by atoms with Gasteiger partial charge in [0.15, 0.2) is 0 Å². The molecule has 2 aromatic rings. The molecular formula is C18H23N5O. The van der Waals surface area contributed by atoms with E-state index in [0.717, 1.165) is 26.2 Å². The van der Waals surface area contributed by atoms with Crippen LogP contribution >= 0.6 is 0 Å². The average molecular weight is 325 g/mol. The summed E-state index contributed by atoms with van der Waals surface area (Å²) in [4.78, 5) is 21.2. The lowest BCUT2D eigenvalue weighted by atomic mass is 9.93. The highest BCUT2D eigenvalue weighted by molar-refractivity contribution is 5.93. The van der Waals surface area contributed by atoms with Crippen LogP contribution in [0, 0.1) is 6.92 Å². The lowest BCUT2D eigenvalue weighted by Crippen LogP contribution is -2.49. The number of carbonyl (C=O) groups excluding carboxylic acids is 1. The Kier molecular flexibility index (Phi) is 3.96. The fourth-order valence-corrected chi connectivity index (χ4v) is 3.42. The molecule has 1 aliphatic heterocycles. The van der Waals surface area contributed by atoms with E-state index in [9.17, 15) is 4.79 Å². The Hall–Kier alpha value is -2.37. The molecule has 1 amide bonds.